The van der Waals surface area contributed by atoms with Gasteiger partial charge >= 0.3 is 6.18 Å². The normalized spacial score (nSPS) is 12.1. The average molecular weight is 484 g/mol. The number of aliphatic hydroxyl groups is 1. The van der Waals surface area contributed by atoms with Crippen LogP contribution >= 0.6 is 0 Å². The van der Waals surface area contributed by atoms with E-state index in [1.165, 1.54) is 6.20 Å². The Morgan fingerprint density at radius 1 is 0.914 bits per heavy atom. The second-order valence-electron chi connectivity index (χ2n) is 8.87. The third-order valence-corrected chi connectivity index (χ3v) is 5.72. The monoisotopic (exact) mass is 484 g/mol. The quantitative estimate of drug-likeness (QED) is 0.285. The van der Waals surface area contributed by atoms with E-state index in [2.05, 4.69) is 9.97 Å². The lowest BCUT2D eigenvalue weighted by atomic mass is 9.94. The minimum Gasteiger partial charge on any atom is -0.485 e. The highest BCUT2D eigenvalue weighted by atomic mass is 19.4. The van der Waals surface area contributed by atoms with Gasteiger partial charge in [0.25, 0.3) is 0 Å². The molecule has 2 N–H and O–H groups in total. The van der Waals surface area contributed by atoms with Crippen LogP contribution in [0.25, 0.3) is 22.4 Å². The molecular weight excluding hydrogens is 460 g/mol. The van der Waals surface area contributed by atoms with Crippen LogP contribution in [0, 0.1) is 5.82 Å². The topological polar surface area (TPSA) is 58.1 Å². The van der Waals surface area contributed by atoms with Crippen LogP contribution in [0.1, 0.15) is 30.8 Å². The number of halogens is 4. The molecule has 0 aliphatic rings. The lowest BCUT2D eigenvalue weighted by Crippen LogP contribution is -2.23. The molecule has 0 atom stereocenters. The Bertz CT molecular complexity index is 1300. The second-order valence-corrected chi connectivity index (χ2v) is 8.87. The molecule has 8 heteroatoms. The summed E-state index contributed by atoms with van der Waals surface area (Å²) in [4.78, 5) is 7.01. The van der Waals surface area contributed by atoms with Crippen LogP contribution < -0.4 is 4.74 Å². The van der Waals surface area contributed by atoms with E-state index >= 15 is 0 Å². The van der Waals surface area contributed by atoms with Gasteiger partial charge in [-0.1, -0.05) is 68.4 Å². The minimum atomic E-state index is -4.84. The zero-order chi connectivity index (χ0) is 25.2. The number of aromatic nitrogens is 2. The number of ether oxygens (including phenoxy) is 1. The van der Waals surface area contributed by atoms with Crippen LogP contribution in [-0.4, -0.2) is 21.7 Å². The van der Waals surface area contributed by atoms with Gasteiger partial charge in [-0.15, -0.1) is 0 Å². The molecule has 0 amide bonds. The van der Waals surface area contributed by atoms with E-state index in [0.717, 1.165) is 23.3 Å². The number of alkyl halides is 3. The van der Waals surface area contributed by atoms with Gasteiger partial charge in [-0.3, -0.25) is 0 Å². The number of hydrogen-bond acceptors (Lipinski definition) is 3. The van der Waals surface area contributed by atoms with Crippen molar-refractivity contribution in [2.75, 3.05) is 6.61 Å². The van der Waals surface area contributed by atoms with E-state index in [1.54, 1.807) is 26.0 Å². The molecule has 3 aromatic carbocycles. The van der Waals surface area contributed by atoms with Crippen molar-refractivity contribution in [2.45, 2.75) is 32.0 Å². The molecular formula is C27H24F4N2O2. The zero-order valence-corrected chi connectivity index (χ0v) is 19.2. The molecule has 0 aliphatic carbocycles. The Hall–Kier alpha value is -3.65. The number of aromatic amines is 1. The average Bonchev–Trinajstić information content (AvgIpc) is 3.35. The second kappa shape index (κ2) is 9.54. The number of H-pyrrole nitrogens is 1. The Labute approximate surface area is 200 Å². The van der Waals surface area contributed by atoms with Crippen LogP contribution in [-0.2, 0) is 18.2 Å². The fraction of sp³-hybridized carbons (Fsp3) is 0.222. The molecule has 0 aliphatic heterocycles. The number of hydrogen-bond donors (Lipinski definition) is 2. The summed E-state index contributed by atoms with van der Waals surface area (Å²) < 4.78 is 61.8. The summed E-state index contributed by atoms with van der Waals surface area (Å²) in [6.07, 6.45) is -3.52. The summed E-state index contributed by atoms with van der Waals surface area (Å²) in [7, 11) is 0. The van der Waals surface area contributed by atoms with Gasteiger partial charge in [0.2, 0.25) is 0 Å². The van der Waals surface area contributed by atoms with E-state index < -0.39 is 28.7 Å². The number of benzene rings is 3. The number of rotatable bonds is 7. The third-order valence-electron chi connectivity index (χ3n) is 5.72. The van der Waals surface area contributed by atoms with Crippen molar-refractivity contribution in [1.82, 2.24) is 9.97 Å². The predicted molar refractivity (Wildman–Crippen MR) is 125 cm³/mol. The van der Waals surface area contributed by atoms with E-state index in [1.807, 2.05) is 42.5 Å². The summed E-state index contributed by atoms with van der Waals surface area (Å²) in [5.41, 5.74) is 0.782. The largest absolute Gasteiger partial charge is 0.485 e. The lowest BCUT2D eigenvalue weighted by molar-refractivity contribution is -0.139. The maximum absolute atomic E-state index is 14.9. The van der Waals surface area contributed by atoms with Crippen LogP contribution in [0.15, 0.2) is 72.9 Å². The molecule has 1 heterocycles. The molecule has 4 rings (SSSR count). The highest BCUT2D eigenvalue weighted by molar-refractivity contribution is 5.64. The van der Waals surface area contributed by atoms with Crippen molar-refractivity contribution in [3.05, 3.63) is 95.7 Å². The lowest BCUT2D eigenvalue weighted by Gasteiger charge is -2.18. The van der Waals surface area contributed by atoms with Gasteiger partial charge in [-0.05, 0) is 28.8 Å². The van der Waals surface area contributed by atoms with Crippen LogP contribution in [0.2, 0.25) is 0 Å². The summed E-state index contributed by atoms with van der Waals surface area (Å²) in [6.45, 7) is 3.00. The summed E-state index contributed by atoms with van der Waals surface area (Å²) in [5.74, 6) is -1.61. The Morgan fingerprint density at radius 3 is 2.20 bits per heavy atom. The summed E-state index contributed by atoms with van der Waals surface area (Å²) >= 11 is 0. The maximum Gasteiger partial charge on any atom is 0.420 e. The van der Waals surface area contributed by atoms with Crippen molar-refractivity contribution >= 4 is 0 Å². The fourth-order valence-electron chi connectivity index (χ4n) is 3.57. The number of aliphatic hydroxyl groups excluding tert-OH is 1. The van der Waals surface area contributed by atoms with E-state index in [-0.39, 0.29) is 24.5 Å². The fourth-order valence-corrected chi connectivity index (χ4v) is 3.57. The van der Waals surface area contributed by atoms with Gasteiger partial charge < -0.3 is 14.8 Å². The molecule has 4 nitrogen and oxygen atoms in total. The third kappa shape index (κ3) is 5.38. The molecule has 182 valence electrons. The summed E-state index contributed by atoms with van der Waals surface area (Å²) in [6, 6.07) is 18.6. The highest BCUT2D eigenvalue weighted by Crippen LogP contribution is 2.41. The van der Waals surface area contributed by atoms with Crippen molar-refractivity contribution in [1.29, 1.82) is 0 Å². The van der Waals surface area contributed by atoms with E-state index in [9.17, 15) is 22.7 Å². The molecule has 35 heavy (non-hydrogen) atoms. The van der Waals surface area contributed by atoms with Gasteiger partial charge in [-0.25, -0.2) is 9.37 Å². The van der Waals surface area contributed by atoms with Crippen LogP contribution in [0.5, 0.6) is 5.75 Å². The van der Waals surface area contributed by atoms with Crippen LogP contribution in [0.4, 0.5) is 17.6 Å². The highest BCUT2D eigenvalue weighted by Gasteiger charge is 2.37. The standard InChI is InChI=1S/C27H24F4N2O2/c1-26(2,16-34)25-32-14-23(33-25)20-12-21(27(29,30)31)24(22(28)13-20)35-15-17-8-10-19(11-9-17)18-6-4-3-5-7-18/h3-14,34H,15-16H2,1-2H3,(H,32,33). The molecule has 0 unspecified atom stereocenters. The van der Waals surface area contributed by atoms with E-state index in [0.29, 0.717) is 11.4 Å². The molecule has 0 saturated carbocycles. The molecule has 0 fully saturated rings. The molecule has 0 radical (unpaired) electrons. The number of nitrogens with one attached hydrogen (secondary N) is 1. The first-order valence-electron chi connectivity index (χ1n) is 10.9. The zero-order valence-electron chi connectivity index (χ0n) is 19.2. The molecule has 4 aromatic rings. The van der Waals surface area contributed by atoms with Crippen molar-refractivity contribution in [3.8, 4) is 28.1 Å². The van der Waals surface area contributed by atoms with Crippen molar-refractivity contribution in [3.63, 3.8) is 0 Å². The molecule has 0 saturated heterocycles. The maximum atomic E-state index is 14.9. The van der Waals surface area contributed by atoms with Crippen molar-refractivity contribution in [2.24, 2.45) is 0 Å². The smallest absolute Gasteiger partial charge is 0.420 e. The van der Waals surface area contributed by atoms with Gasteiger partial charge in [-0.2, -0.15) is 13.2 Å². The Morgan fingerprint density at radius 2 is 1.57 bits per heavy atom. The molecule has 1 aromatic heterocycles. The molecule has 0 spiro atoms. The van der Waals surface area contributed by atoms with Gasteiger partial charge in [0, 0.05) is 11.0 Å². The first kappa shape index (κ1) is 24.5. The SMILES string of the molecule is CC(C)(CO)c1ncc(-c2cc(F)c(OCc3ccc(-c4ccccc4)cc3)c(C(F)(F)F)c2)[nH]1. The minimum absolute atomic E-state index is 0.0260. The van der Waals surface area contributed by atoms with Gasteiger partial charge in [0.1, 0.15) is 18.0 Å². The summed E-state index contributed by atoms with van der Waals surface area (Å²) in [5, 5.41) is 9.50. The predicted octanol–water partition coefficient (Wildman–Crippen LogP) is 6.75. The Balaban J connectivity index is 1.60. The van der Waals surface area contributed by atoms with E-state index in [4.69, 9.17) is 4.74 Å². The van der Waals surface area contributed by atoms with Crippen LogP contribution in [0.3, 0.4) is 0 Å². The van der Waals surface area contributed by atoms with Crippen molar-refractivity contribution < 1.29 is 27.4 Å². The van der Waals surface area contributed by atoms with Gasteiger partial charge in [0.15, 0.2) is 11.6 Å². The number of nitrogens with zero attached hydrogens (tertiary/aromatic N) is 1. The van der Waals surface area contributed by atoms with Gasteiger partial charge in [0.05, 0.1) is 18.5 Å². The molecule has 0 bridgehead atoms. The first-order valence-corrected chi connectivity index (χ1v) is 10.9. The first-order chi connectivity index (χ1) is 16.6. The number of imidazole rings is 1. The Kier molecular flexibility index (Phi) is 6.67.